The van der Waals surface area contributed by atoms with Crippen LogP contribution in [0.15, 0.2) is 0 Å². The van der Waals surface area contributed by atoms with Gasteiger partial charge in [-0.1, -0.05) is 40.5 Å². The summed E-state index contributed by atoms with van der Waals surface area (Å²) in [6.45, 7) is 9.27. The van der Waals surface area contributed by atoms with E-state index >= 15 is 0 Å². The molecule has 0 aromatic rings. The highest BCUT2D eigenvalue weighted by atomic mass is 16.1. The van der Waals surface area contributed by atoms with Gasteiger partial charge in [0, 0.05) is 12.3 Å². The summed E-state index contributed by atoms with van der Waals surface area (Å²) in [6.07, 6.45) is 6.00. The minimum absolute atomic E-state index is 0.335. The van der Waals surface area contributed by atoms with E-state index in [2.05, 4.69) is 27.7 Å². The second kappa shape index (κ2) is 4.16. The van der Waals surface area contributed by atoms with E-state index in [9.17, 15) is 4.79 Å². The van der Waals surface area contributed by atoms with Gasteiger partial charge in [-0.2, -0.15) is 0 Å². The Bertz CT molecular complexity index is 281. The highest BCUT2D eigenvalue weighted by Gasteiger charge is 2.48. The molecule has 2 fully saturated rings. The molecule has 0 radical (unpaired) electrons. The Hall–Kier alpha value is -0.330. The van der Waals surface area contributed by atoms with E-state index in [1.807, 2.05) is 0 Å². The number of carbonyl (C=O) groups excluding carboxylic acids is 1. The third-order valence-electron chi connectivity index (χ3n) is 5.57. The second-order valence-corrected chi connectivity index (χ2v) is 6.76. The van der Waals surface area contributed by atoms with E-state index in [1.54, 1.807) is 0 Å². The summed E-state index contributed by atoms with van der Waals surface area (Å²) in [6, 6.07) is 0. The maximum absolute atomic E-state index is 12.1. The molecule has 2 saturated carbocycles. The zero-order valence-corrected chi connectivity index (χ0v) is 11.3. The van der Waals surface area contributed by atoms with E-state index in [-0.39, 0.29) is 0 Å². The van der Waals surface area contributed by atoms with Crippen LogP contribution in [0.1, 0.15) is 59.8 Å². The van der Waals surface area contributed by atoms with Gasteiger partial charge in [-0.15, -0.1) is 0 Å². The Kier molecular flexibility index (Phi) is 3.16. The molecular weight excluding hydrogens is 196 g/mol. The maximum atomic E-state index is 12.1. The summed E-state index contributed by atoms with van der Waals surface area (Å²) in [7, 11) is 0. The molecule has 0 heterocycles. The molecule has 0 N–H and O–H groups in total. The average molecular weight is 222 g/mol. The summed E-state index contributed by atoms with van der Waals surface area (Å²) in [5.74, 6) is 2.90. The molecule has 0 aromatic carbocycles. The maximum Gasteiger partial charge on any atom is 0.136 e. The lowest BCUT2D eigenvalue weighted by Crippen LogP contribution is -2.47. The first-order valence-corrected chi connectivity index (χ1v) is 6.98. The van der Waals surface area contributed by atoms with E-state index in [0.29, 0.717) is 29.0 Å². The molecule has 0 unspecified atom stereocenters. The largest absolute Gasteiger partial charge is 0.299 e. The van der Waals surface area contributed by atoms with Crippen molar-refractivity contribution in [2.45, 2.75) is 59.8 Å². The molecule has 1 nitrogen and oxygen atoms in total. The van der Waals surface area contributed by atoms with Gasteiger partial charge in [0.1, 0.15) is 5.78 Å². The van der Waals surface area contributed by atoms with E-state index in [1.165, 1.54) is 19.3 Å². The number of ketones is 1. The van der Waals surface area contributed by atoms with Crippen LogP contribution in [0.2, 0.25) is 0 Å². The molecule has 0 spiro atoms. The smallest absolute Gasteiger partial charge is 0.136 e. The Labute approximate surface area is 100.0 Å². The van der Waals surface area contributed by atoms with Crippen LogP contribution in [0.3, 0.4) is 0 Å². The van der Waals surface area contributed by atoms with Crippen LogP contribution < -0.4 is 0 Å². The molecule has 0 aliphatic heterocycles. The first kappa shape index (κ1) is 12.1. The van der Waals surface area contributed by atoms with Crippen LogP contribution in [0.4, 0.5) is 0 Å². The fourth-order valence-electron chi connectivity index (χ4n) is 4.02. The lowest BCUT2D eigenvalue weighted by molar-refractivity contribution is -0.136. The quantitative estimate of drug-likeness (QED) is 0.654. The molecule has 4 atom stereocenters. The van der Waals surface area contributed by atoms with Gasteiger partial charge in [0.25, 0.3) is 0 Å². The average Bonchev–Trinajstić information content (AvgIpc) is 2.20. The third-order valence-corrected chi connectivity index (χ3v) is 5.57. The fraction of sp³-hybridized carbons (Fsp3) is 0.933. The fourth-order valence-corrected chi connectivity index (χ4v) is 4.02. The van der Waals surface area contributed by atoms with Gasteiger partial charge >= 0.3 is 0 Å². The highest BCUT2D eigenvalue weighted by Crippen LogP contribution is 2.54. The molecule has 0 saturated heterocycles. The van der Waals surface area contributed by atoms with Crippen molar-refractivity contribution in [1.29, 1.82) is 0 Å². The number of Topliss-reactive ketones (excluding diaryl/α,β-unsaturated/α-hetero) is 1. The minimum atomic E-state index is 0.335. The summed E-state index contributed by atoms with van der Waals surface area (Å²) in [5, 5.41) is 0. The van der Waals surface area contributed by atoms with E-state index < -0.39 is 0 Å². The Balaban J connectivity index is 2.21. The number of rotatable bonds is 1. The summed E-state index contributed by atoms with van der Waals surface area (Å²) < 4.78 is 0. The van der Waals surface area contributed by atoms with Crippen molar-refractivity contribution in [3.63, 3.8) is 0 Å². The topological polar surface area (TPSA) is 17.1 Å². The first-order chi connectivity index (χ1) is 7.45. The van der Waals surface area contributed by atoms with Crippen molar-refractivity contribution in [1.82, 2.24) is 0 Å². The minimum Gasteiger partial charge on any atom is -0.299 e. The van der Waals surface area contributed by atoms with Crippen LogP contribution in [0, 0.1) is 29.1 Å². The monoisotopic (exact) mass is 222 g/mol. The van der Waals surface area contributed by atoms with E-state index in [4.69, 9.17) is 0 Å². The number of carbonyl (C=O) groups is 1. The summed E-state index contributed by atoms with van der Waals surface area (Å²) in [4.78, 5) is 12.1. The van der Waals surface area contributed by atoms with Crippen molar-refractivity contribution in [2.24, 2.45) is 29.1 Å². The van der Waals surface area contributed by atoms with Crippen LogP contribution >= 0.6 is 0 Å². The molecule has 0 aromatic heterocycles. The molecule has 92 valence electrons. The third kappa shape index (κ3) is 1.83. The van der Waals surface area contributed by atoms with Gasteiger partial charge in [-0.3, -0.25) is 4.79 Å². The van der Waals surface area contributed by atoms with Crippen LogP contribution in [-0.4, -0.2) is 5.78 Å². The molecule has 0 amide bonds. The normalized spacial score (nSPS) is 44.6. The van der Waals surface area contributed by atoms with Gasteiger partial charge in [-0.25, -0.2) is 0 Å². The number of hydrogen-bond acceptors (Lipinski definition) is 1. The molecule has 0 bridgehead atoms. The predicted octanol–water partition coefficient (Wildman–Crippen LogP) is 4.06. The number of hydrogen-bond donors (Lipinski definition) is 0. The zero-order chi connectivity index (χ0) is 11.9. The van der Waals surface area contributed by atoms with Crippen LogP contribution in [0.25, 0.3) is 0 Å². The molecule has 2 aliphatic rings. The Morgan fingerprint density at radius 3 is 2.62 bits per heavy atom. The van der Waals surface area contributed by atoms with Gasteiger partial charge in [0.2, 0.25) is 0 Å². The summed E-state index contributed by atoms with van der Waals surface area (Å²) in [5.41, 5.74) is 0.446. The Morgan fingerprint density at radius 1 is 1.31 bits per heavy atom. The lowest BCUT2D eigenvalue weighted by atomic mass is 9.52. The first-order valence-electron chi connectivity index (χ1n) is 6.98. The van der Waals surface area contributed by atoms with Crippen molar-refractivity contribution >= 4 is 5.78 Å². The van der Waals surface area contributed by atoms with Gasteiger partial charge in [0.05, 0.1) is 0 Å². The summed E-state index contributed by atoms with van der Waals surface area (Å²) >= 11 is 0. The van der Waals surface area contributed by atoms with Crippen LogP contribution in [-0.2, 0) is 4.79 Å². The van der Waals surface area contributed by atoms with Crippen LogP contribution in [0.5, 0.6) is 0 Å². The molecule has 1 heteroatoms. The van der Waals surface area contributed by atoms with Crippen molar-refractivity contribution in [3.05, 3.63) is 0 Å². The van der Waals surface area contributed by atoms with Crippen molar-refractivity contribution < 1.29 is 4.79 Å². The zero-order valence-electron chi connectivity index (χ0n) is 11.3. The predicted molar refractivity (Wildman–Crippen MR) is 67.2 cm³/mol. The van der Waals surface area contributed by atoms with Gasteiger partial charge < -0.3 is 0 Å². The van der Waals surface area contributed by atoms with E-state index in [0.717, 1.165) is 18.8 Å². The van der Waals surface area contributed by atoms with Gasteiger partial charge in [0.15, 0.2) is 0 Å². The number of fused-ring (bicyclic) bond motifs is 1. The Morgan fingerprint density at radius 2 is 2.00 bits per heavy atom. The second-order valence-electron chi connectivity index (χ2n) is 6.76. The van der Waals surface area contributed by atoms with Crippen molar-refractivity contribution in [2.75, 3.05) is 0 Å². The molecule has 16 heavy (non-hydrogen) atoms. The highest BCUT2D eigenvalue weighted by molar-refractivity contribution is 5.82. The standard InChI is InChI=1S/C15H26O/c1-10(2)13-9-15(4)11(3)6-5-7-12(15)8-14(13)16/h10-13H,5-9H2,1-4H3/t11-,12+,13+,15+/m1/s1. The lowest BCUT2D eigenvalue weighted by Gasteiger charge is -2.51. The molecular formula is C15H26O. The molecule has 2 rings (SSSR count). The van der Waals surface area contributed by atoms with Gasteiger partial charge in [-0.05, 0) is 36.0 Å². The van der Waals surface area contributed by atoms with Crippen molar-refractivity contribution in [3.8, 4) is 0 Å². The molecule has 2 aliphatic carbocycles. The SMILES string of the molecule is CC(C)[C@@H]1C[C@]2(C)[C@@H](CCC[C@H]2C)CC1=O.